The van der Waals surface area contributed by atoms with Gasteiger partial charge < -0.3 is 20.7 Å². The first kappa shape index (κ1) is 12.0. The van der Waals surface area contributed by atoms with E-state index in [0.717, 1.165) is 0 Å². The van der Waals surface area contributed by atoms with Crippen molar-refractivity contribution in [2.75, 3.05) is 6.61 Å². The number of Topliss-reactive ketones (excluding diaryl/α,β-unsaturated/α-hetero) is 1. The number of carbonyl (C=O) groups is 2. The zero-order valence-corrected chi connectivity index (χ0v) is 7.27. The Kier molecular flexibility index (Phi) is 5.20. The normalized spacial score (nSPS) is 15.0. The maximum absolute atomic E-state index is 10.4. The summed E-state index contributed by atoms with van der Waals surface area (Å²) >= 11 is 0. The van der Waals surface area contributed by atoms with Crippen LogP contribution >= 0.6 is 0 Å². The van der Waals surface area contributed by atoms with Crippen LogP contribution in [0.4, 0.5) is 0 Å². The Morgan fingerprint density at radius 1 is 1.54 bits per heavy atom. The average molecular weight is 191 g/mol. The van der Waals surface area contributed by atoms with Crippen molar-refractivity contribution in [2.45, 2.75) is 25.7 Å². The van der Waals surface area contributed by atoms with Gasteiger partial charge in [0.05, 0.1) is 6.61 Å². The topological polar surface area (TPSA) is 110 Å². The summed E-state index contributed by atoms with van der Waals surface area (Å²) in [6.07, 6.45) is -1.43. The molecule has 4 N–H and O–H groups in total. The highest BCUT2D eigenvalue weighted by atomic mass is 16.6. The fourth-order valence-corrected chi connectivity index (χ4v) is 0.547. The summed E-state index contributed by atoms with van der Waals surface area (Å²) in [6.45, 7) is 1.11. The number of carboxylic acid groups (broad SMARTS) is 1. The Hall–Kier alpha value is -0.980. The summed E-state index contributed by atoms with van der Waals surface area (Å²) in [5.74, 6) is -1.66. The van der Waals surface area contributed by atoms with Crippen molar-refractivity contribution in [3.8, 4) is 0 Å². The molecular weight excluding hydrogens is 178 g/mol. The van der Waals surface area contributed by atoms with Crippen LogP contribution in [0.5, 0.6) is 0 Å². The van der Waals surface area contributed by atoms with Crippen molar-refractivity contribution in [3.05, 3.63) is 0 Å². The molecule has 0 rings (SSSR count). The van der Waals surface area contributed by atoms with Gasteiger partial charge in [-0.2, -0.15) is 0 Å². The van der Waals surface area contributed by atoms with E-state index >= 15 is 0 Å². The maximum Gasteiger partial charge on any atom is 0.320 e. The Balaban J connectivity index is 3.56. The fraction of sp³-hybridized carbons (Fsp3) is 0.714. The van der Waals surface area contributed by atoms with E-state index in [1.165, 1.54) is 6.92 Å². The number of aliphatic hydroxyl groups is 1. The number of hydrogen-bond acceptors (Lipinski definition) is 5. The van der Waals surface area contributed by atoms with Gasteiger partial charge in [0.25, 0.3) is 0 Å². The third-order valence-corrected chi connectivity index (χ3v) is 1.37. The molecule has 0 spiro atoms. The van der Waals surface area contributed by atoms with E-state index < -0.39 is 24.1 Å². The third kappa shape index (κ3) is 5.29. The summed E-state index contributed by atoms with van der Waals surface area (Å²) < 4.78 is 4.59. The lowest BCUT2D eigenvalue weighted by Crippen LogP contribution is -2.32. The molecule has 13 heavy (non-hydrogen) atoms. The Morgan fingerprint density at radius 3 is 2.46 bits per heavy atom. The van der Waals surface area contributed by atoms with Gasteiger partial charge in [0.2, 0.25) is 6.29 Å². The molecule has 0 aromatic carbocycles. The number of aliphatic hydroxyl groups excluding tert-OH is 1. The van der Waals surface area contributed by atoms with Crippen LogP contribution in [0.2, 0.25) is 0 Å². The average Bonchev–Trinajstić information content (AvgIpc) is 2.03. The molecule has 6 heteroatoms. The zero-order chi connectivity index (χ0) is 10.4. The largest absolute Gasteiger partial charge is 0.480 e. The number of ketones is 1. The van der Waals surface area contributed by atoms with Gasteiger partial charge in [0.1, 0.15) is 6.04 Å². The van der Waals surface area contributed by atoms with E-state index in [-0.39, 0.29) is 13.0 Å². The van der Waals surface area contributed by atoms with E-state index in [1.807, 2.05) is 0 Å². The van der Waals surface area contributed by atoms with Crippen molar-refractivity contribution < 1.29 is 24.5 Å². The van der Waals surface area contributed by atoms with E-state index in [0.29, 0.717) is 0 Å². The standard InChI is InChI=1S/C7H13NO5/c1-4(9)7(12)13-3-2-5(8)6(10)11/h5,7,12H,2-3,8H2,1H3,(H,10,11). The lowest BCUT2D eigenvalue weighted by atomic mass is 10.2. The molecule has 0 saturated carbocycles. The lowest BCUT2D eigenvalue weighted by molar-refractivity contribution is -0.154. The number of carboxylic acids is 1. The molecule has 0 aliphatic heterocycles. The lowest BCUT2D eigenvalue weighted by Gasteiger charge is -2.09. The van der Waals surface area contributed by atoms with Crippen molar-refractivity contribution in [1.82, 2.24) is 0 Å². The van der Waals surface area contributed by atoms with Gasteiger partial charge in [-0.15, -0.1) is 0 Å². The first-order chi connectivity index (χ1) is 5.95. The molecule has 0 heterocycles. The molecular formula is C7H13NO5. The van der Waals surface area contributed by atoms with Gasteiger partial charge >= 0.3 is 5.97 Å². The number of hydrogen-bond donors (Lipinski definition) is 3. The quantitative estimate of drug-likeness (QED) is 0.451. The molecule has 0 amide bonds. The van der Waals surface area contributed by atoms with Crippen LogP contribution in [0.3, 0.4) is 0 Å². The van der Waals surface area contributed by atoms with Gasteiger partial charge in [-0.3, -0.25) is 9.59 Å². The summed E-state index contributed by atoms with van der Waals surface area (Å²) in [6, 6.07) is -1.03. The molecule has 0 bridgehead atoms. The molecule has 0 aliphatic carbocycles. The van der Waals surface area contributed by atoms with Crippen LogP contribution in [-0.2, 0) is 14.3 Å². The fourth-order valence-electron chi connectivity index (χ4n) is 0.547. The second kappa shape index (κ2) is 5.63. The molecule has 0 aliphatic rings. The Labute approximate surface area is 75.3 Å². The number of ether oxygens (including phenoxy) is 1. The summed E-state index contributed by atoms with van der Waals surface area (Å²) in [5, 5.41) is 17.2. The van der Waals surface area contributed by atoms with Gasteiger partial charge in [-0.25, -0.2) is 0 Å². The Morgan fingerprint density at radius 2 is 2.08 bits per heavy atom. The first-order valence-electron chi connectivity index (χ1n) is 3.73. The summed E-state index contributed by atoms with van der Waals surface area (Å²) in [4.78, 5) is 20.6. The molecule has 0 fully saturated rings. The van der Waals surface area contributed by atoms with Crippen LogP contribution in [0, 0.1) is 0 Å². The molecule has 2 unspecified atom stereocenters. The van der Waals surface area contributed by atoms with Crippen LogP contribution in [-0.4, -0.2) is 40.9 Å². The van der Waals surface area contributed by atoms with Gasteiger partial charge in [-0.05, 0) is 13.3 Å². The highest BCUT2D eigenvalue weighted by Crippen LogP contribution is 1.94. The van der Waals surface area contributed by atoms with Gasteiger partial charge in [0, 0.05) is 0 Å². The number of nitrogens with two attached hydrogens (primary N) is 1. The second-order valence-electron chi connectivity index (χ2n) is 2.57. The molecule has 0 aromatic heterocycles. The van der Waals surface area contributed by atoms with Crippen LogP contribution in [0.15, 0.2) is 0 Å². The minimum absolute atomic E-state index is 0.0552. The van der Waals surface area contributed by atoms with E-state index in [4.69, 9.17) is 15.9 Å². The first-order valence-corrected chi connectivity index (χ1v) is 3.73. The predicted octanol–water partition coefficient (Wildman–Crippen LogP) is -1.29. The van der Waals surface area contributed by atoms with Crippen LogP contribution in [0.1, 0.15) is 13.3 Å². The highest BCUT2D eigenvalue weighted by Gasteiger charge is 2.14. The van der Waals surface area contributed by atoms with Crippen LogP contribution in [0.25, 0.3) is 0 Å². The molecule has 0 radical (unpaired) electrons. The summed E-state index contributed by atoms with van der Waals surface area (Å²) in [7, 11) is 0. The molecule has 0 saturated heterocycles. The molecule has 0 aromatic rings. The SMILES string of the molecule is CC(=O)C(O)OCCC(N)C(=O)O. The predicted molar refractivity (Wildman–Crippen MR) is 42.9 cm³/mol. The van der Waals surface area contributed by atoms with E-state index in [9.17, 15) is 9.59 Å². The third-order valence-electron chi connectivity index (χ3n) is 1.37. The number of carbonyl (C=O) groups excluding carboxylic acids is 1. The maximum atomic E-state index is 10.4. The number of aliphatic carboxylic acids is 1. The minimum Gasteiger partial charge on any atom is -0.480 e. The van der Waals surface area contributed by atoms with Crippen molar-refractivity contribution in [2.24, 2.45) is 5.73 Å². The highest BCUT2D eigenvalue weighted by molar-refractivity contribution is 5.78. The van der Waals surface area contributed by atoms with Crippen molar-refractivity contribution >= 4 is 11.8 Å². The van der Waals surface area contributed by atoms with E-state index in [2.05, 4.69) is 4.74 Å². The summed E-state index contributed by atoms with van der Waals surface area (Å²) in [5.41, 5.74) is 5.13. The molecule has 2 atom stereocenters. The smallest absolute Gasteiger partial charge is 0.320 e. The van der Waals surface area contributed by atoms with Crippen molar-refractivity contribution in [1.29, 1.82) is 0 Å². The van der Waals surface area contributed by atoms with E-state index in [1.54, 1.807) is 0 Å². The number of rotatable bonds is 6. The van der Waals surface area contributed by atoms with Gasteiger partial charge in [0.15, 0.2) is 5.78 Å². The zero-order valence-electron chi connectivity index (χ0n) is 7.27. The molecule has 76 valence electrons. The second-order valence-corrected chi connectivity index (χ2v) is 2.57. The monoisotopic (exact) mass is 191 g/mol. The minimum atomic E-state index is -1.49. The molecule has 6 nitrogen and oxygen atoms in total. The Bertz CT molecular complexity index is 173. The van der Waals surface area contributed by atoms with Gasteiger partial charge in [-0.1, -0.05) is 0 Å². The van der Waals surface area contributed by atoms with Crippen molar-refractivity contribution in [3.63, 3.8) is 0 Å². The van der Waals surface area contributed by atoms with Crippen LogP contribution < -0.4 is 5.73 Å².